The van der Waals surface area contributed by atoms with Gasteiger partial charge in [0, 0.05) is 6.54 Å². The van der Waals surface area contributed by atoms with Gasteiger partial charge < -0.3 is 10.6 Å². The maximum atomic E-state index is 13.6. The van der Waals surface area contributed by atoms with Gasteiger partial charge in [0.25, 0.3) is 0 Å². The molecule has 0 radical (unpaired) electrons. The lowest BCUT2D eigenvalue weighted by Gasteiger charge is -2.24. The second-order valence-electron chi connectivity index (χ2n) is 6.81. The minimum Gasteiger partial charge on any atom is -0.337 e. The van der Waals surface area contributed by atoms with Crippen molar-refractivity contribution in [3.8, 4) is 0 Å². The molecule has 1 saturated heterocycles. The van der Waals surface area contributed by atoms with Crippen LogP contribution < -0.4 is 15.5 Å². The zero-order chi connectivity index (χ0) is 16.6. The summed E-state index contributed by atoms with van der Waals surface area (Å²) >= 11 is 0. The molecule has 124 valence electrons. The summed E-state index contributed by atoms with van der Waals surface area (Å²) in [5.74, 6) is -0.357. The second-order valence-corrected chi connectivity index (χ2v) is 6.81. The number of fused-ring (bicyclic) bond motifs is 1. The van der Waals surface area contributed by atoms with Crippen LogP contribution in [0.5, 0.6) is 0 Å². The van der Waals surface area contributed by atoms with Crippen LogP contribution in [0.3, 0.4) is 0 Å². The molecule has 0 unspecified atom stereocenters. The predicted octanol–water partition coefficient (Wildman–Crippen LogP) is 2.16. The van der Waals surface area contributed by atoms with E-state index in [9.17, 15) is 14.0 Å². The van der Waals surface area contributed by atoms with E-state index in [-0.39, 0.29) is 5.91 Å². The third kappa shape index (κ3) is 2.83. The molecule has 1 fully saturated rings. The normalized spacial score (nSPS) is 20.5. The first kappa shape index (κ1) is 15.9. The second kappa shape index (κ2) is 5.92. The quantitative estimate of drug-likeness (QED) is 0.878. The maximum absolute atomic E-state index is 13.6. The number of urea groups is 1. The van der Waals surface area contributed by atoms with Crippen LogP contribution in [-0.4, -0.2) is 31.6 Å². The standard InChI is InChI=1S/C17H22FN3O2/c1-17(2)13-4-3-12(18)9-14(13)21(15(17)22)16(23)20-10-11-5-7-19-8-6-11/h3-4,9,11,19H,5-8,10H2,1-2H3,(H,20,23). The molecular weight excluding hydrogens is 297 g/mol. The van der Waals surface area contributed by atoms with Crippen molar-refractivity contribution in [3.63, 3.8) is 0 Å². The van der Waals surface area contributed by atoms with Gasteiger partial charge in [-0.3, -0.25) is 4.79 Å². The number of rotatable bonds is 2. The molecule has 0 saturated carbocycles. The number of benzene rings is 1. The molecular formula is C17H22FN3O2. The van der Waals surface area contributed by atoms with Crippen LogP contribution in [0.1, 0.15) is 32.3 Å². The highest BCUT2D eigenvalue weighted by Crippen LogP contribution is 2.41. The number of imide groups is 1. The molecule has 0 bridgehead atoms. The largest absolute Gasteiger partial charge is 0.337 e. The lowest BCUT2D eigenvalue weighted by Crippen LogP contribution is -2.47. The van der Waals surface area contributed by atoms with E-state index in [0.717, 1.165) is 30.8 Å². The Labute approximate surface area is 135 Å². The van der Waals surface area contributed by atoms with E-state index in [1.54, 1.807) is 19.9 Å². The van der Waals surface area contributed by atoms with E-state index in [1.165, 1.54) is 12.1 Å². The molecule has 5 nitrogen and oxygen atoms in total. The zero-order valence-electron chi connectivity index (χ0n) is 13.5. The molecule has 0 aromatic heterocycles. The minimum atomic E-state index is -0.824. The average molecular weight is 319 g/mol. The molecule has 1 aromatic carbocycles. The Morgan fingerprint density at radius 1 is 1.39 bits per heavy atom. The molecule has 3 amide bonds. The van der Waals surface area contributed by atoms with E-state index >= 15 is 0 Å². The van der Waals surface area contributed by atoms with Gasteiger partial charge in [-0.05, 0) is 63.4 Å². The summed E-state index contributed by atoms with van der Waals surface area (Å²) in [4.78, 5) is 26.2. The number of amides is 3. The fraction of sp³-hybridized carbons (Fsp3) is 0.529. The van der Waals surface area contributed by atoms with Crippen LogP contribution in [0.2, 0.25) is 0 Å². The summed E-state index contributed by atoms with van der Waals surface area (Å²) < 4.78 is 13.6. The van der Waals surface area contributed by atoms with Crippen molar-refractivity contribution in [2.75, 3.05) is 24.5 Å². The smallest absolute Gasteiger partial charge is 0.328 e. The van der Waals surface area contributed by atoms with Crippen molar-refractivity contribution in [3.05, 3.63) is 29.6 Å². The third-order valence-corrected chi connectivity index (χ3v) is 4.82. The Bertz CT molecular complexity index is 639. The van der Waals surface area contributed by atoms with Gasteiger partial charge in [-0.15, -0.1) is 0 Å². The highest BCUT2D eigenvalue weighted by atomic mass is 19.1. The van der Waals surface area contributed by atoms with Gasteiger partial charge in [0.2, 0.25) is 5.91 Å². The molecule has 3 rings (SSSR count). The number of piperidine rings is 1. The molecule has 1 aromatic rings. The van der Waals surface area contributed by atoms with Crippen molar-refractivity contribution < 1.29 is 14.0 Å². The highest BCUT2D eigenvalue weighted by Gasteiger charge is 2.46. The van der Waals surface area contributed by atoms with Crippen LogP contribution in [0.4, 0.5) is 14.9 Å². The summed E-state index contributed by atoms with van der Waals surface area (Å²) in [5.41, 5.74) is 0.207. The van der Waals surface area contributed by atoms with Crippen molar-refractivity contribution in [2.45, 2.75) is 32.1 Å². The highest BCUT2D eigenvalue weighted by molar-refractivity contribution is 6.22. The van der Waals surface area contributed by atoms with Crippen molar-refractivity contribution in [1.82, 2.24) is 10.6 Å². The van der Waals surface area contributed by atoms with Gasteiger partial charge in [-0.2, -0.15) is 0 Å². The van der Waals surface area contributed by atoms with Gasteiger partial charge in [-0.1, -0.05) is 6.07 Å². The molecule has 23 heavy (non-hydrogen) atoms. The van der Waals surface area contributed by atoms with Gasteiger partial charge in [0.15, 0.2) is 0 Å². The van der Waals surface area contributed by atoms with Crippen LogP contribution in [0, 0.1) is 11.7 Å². The van der Waals surface area contributed by atoms with Crippen molar-refractivity contribution >= 4 is 17.6 Å². The van der Waals surface area contributed by atoms with Gasteiger partial charge in [0.1, 0.15) is 5.82 Å². The molecule has 2 heterocycles. The minimum absolute atomic E-state index is 0.319. The Morgan fingerprint density at radius 3 is 2.78 bits per heavy atom. The van der Waals surface area contributed by atoms with Crippen molar-refractivity contribution in [1.29, 1.82) is 0 Å². The number of carbonyl (C=O) groups excluding carboxylic acids is 2. The fourth-order valence-corrected chi connectivity index (χ4v) is 3.32. The Kier molecular flexibility index (Phi) is 4.10. The Hall–Kier alpha value is -1.95. The summed E-state index contributed by atoms with van der Waals surface area (Å²) in [7, 11) is 0. The topological polar surface area (TPSA) is 61.4 Å². The van der Waals surface area contributed by atoms with E-state index in [4.69, 9.17) is 0 Å². The molecule has 2 N–H and O–H groups in total. The number of nitrogens with one attached hydrogen (secondary N) is 2. The number of carbonyl (C=O) groups is 2. The Balaban J connectivity index is 1.78. The van der Waals surface area contributed by atoms with Crippen LogP contribution >= 0.6 is 0 Å². The predicted molar refractivity (Wildman–Crippen MR) is 85.9 cm³/mol. The lowest BCUT2D eigenvalue weighted by atomic mass is 9.86. The maximum Gasteiger partial charge on any atom is 0.328 e. The molecule has 0 aliphatic carbocycles. The monoisotopic (exact) mass is 319 g/mol. The first-order chi connectivity index (χ1) is 10.9. The lowest BCUT2D eigenvalue weighted by molar-refractivity contribution is -0.121. The van der Waals surface area contributed by atoms with Crippen molar-refractivity contribution in [2.24, 2.45) is 5.92 Å². The zero-order valence-corrected chi connectivity index (χ0v) is 13.5. The number of hydrogen-bond donors (Lipinski definition) is 2. The third-order valence-electron chi connectivity index (χ3n) is 4.82. The van der Waals surface area contributed by atoms with E-state index < -0.39 is 17.3 Å². The average Bonchev–Trinajstić information content (AvgIpc) is 2.72. The van der Waals surface area contributed by atoms with Gasteiger partial charge in [0.05, 0.1) is 11.1 Å². The number of anilines is 1. The SMILES string of the molecule is CC1(C)C(=O)N(C(=O)NCC2CCNCC2)c2cc(F)ccc21. The molecule has 0 atom stereocenters. The fourth-order valence-electron chi connectivity index (χ4n) is 3.32. The van der Waals surface area contributed by atoms with E-state index in [1.807, 2.05) is 0 Å². The summed E-state index contributed by atoms with van der Waals surface area (Å²) in [5, 5.41) is 6.11. The number of hydrogen-bond acceptors (Lipinski definition) is 3. The first-order valence-electron chi connectivity index (χ1n) is 8.04. The van der Waals surface area contributed by atoms with Crippen LogP contribution in [-0.2, 0) is 10.2 Å². The molecule has 0 spiro atoms. The van der Waals surface area contributed by atoms with Gasteiger partial charge >= 0.3 is 6.03 Å². The number of nitrogens with zero attached hydrogens (tertiary/aromatic N) is 1. The van der Waals surface area contributed by atoms with Gasteiger partial charge in [-0.25, -0.2) is 14.1 Å². The molecule has 2 aliphatic heterocycles. The van der Waals surface area contributed by atoms with E-state index in [2.05, 4.69) is 10.6 Å². The first-order valence-corrected chi connectivity index (χ1v) is 8.04. The molecule has 2 aliphatic rings. The summed E-state index contributed by atoms with van der Waals surface area (Å²) in [6.07, 6.45) is 2.01. The van der Waals surface area contributed by atoms with E-state index in [0.29, 0.717) is 23.7 Å². The number of halogens is 1. The summed E-state index contributed by atoms with van der Waals surface area (Å²) in [6, 6.07) is 3.70. The summed E-state index contributed by atoms with van der Waals surface area (Å²) in [6.45, 7) is 5.95. The Morgan fingerprint density at radius 2 is 2.09 bits per heavy atom. The molecule has 6 heteroatoms. The van der Waals surface area contributed by atoms with Crippen LogP contribution in [0.15, 0.2) is 18.2 Å². The van der Waals surface area contributed by atoms with Crippen LogP contribution in [0.25, 0.3) is 0 Å².